The molecule has 1 amide bonds. The summed E-state index contributed by atoms with van der Waals surface area (Å²) in [6.45, 7) is 4.90. The number of rotatable bonds is 21. The summed E-state index contributed by atoms with van der Waals surface area (Å²) in [6, 6.07) is 0. The summed E-state index contributed by atoms with van der Waals surface area (Å²) in [7, 11) is -4.09. The predicted molar refractivity (Wildman–Crippen MR) is 108 cm³/mol. The SMILES string of the molecule is CCCCCCCCCCCC(=O)NCCCOCCOOS(=O)(=O)OCC. The summed E-state index contributed by atoms with van der Waals surface area (Å²) in [4.78, 5) is 16.2. The van der Waals surface area contributed by atoms with Crippen molar-refractivity contribution in [2.75, 3.05) is 33.0 Å². The van der Waals surface area contributed by atoms with E-state index in [0.717, 1.165) is 12.8 Å². The second-order valence-corrected chi connectivity index (χ2v) is 7.79. The first-order chi connectivity index (χ1) is 13.5. The van der Waals surface area contributed by atoms with Gasteiger partial charge in [-0.2, -0.15) is 8.42 Å². The molecule has 0 aromatic heterocycles. The van der Waals surface area contributed by atoms with Crippen LogP contribution < -0.4 is 5.32 Å². The van der Waals surface area contributed by atoms with Crippen molar-refractivity contribution in [3.63, 3.8) is 0 Å². The van der Waals surface area contributed by atoms with Crippen molar-refractivity contribution in [3.8, 4) is 0 Å². The van der Waals surface area contributed by atoms with Crippen LogP contribution in [0.3, 0.4) is 0 Å². The molecule has 8 nitrogen and oxygen atoms in total. The van der Waals surface area contributed by atoms with Gasteiger partial charge in [0.05, 0.1) is 13.2 Å². The van der Waals surface area contributed by atoms with E-state index < -0.39 is 10.4 Å². The van der Waals surface area contributed by atoms with Crippen molar-refractivity contribution in [1.29, 1.82) is 0 Å². The lowest BCUT2D eigenvalue weighted by Crippen LogP contribution is -2.25. The van der Waals surface area contributed by atoms with E-state index in [0.29, 0.717) is 26.0 Å². The van der Waals surface area contributed by atoms with E-state index >= 15 is 0 Å². The molecule has 0 saturated heterocycles. The van der Waals surface area contributed by atoms with Crippen LogP contribution in [0.4, 0.5) is 0 Å². The molecule has 9 heteroatoms. The number of ether oxygens (including phenoxy) is 1. The average Bonchev–Trinajstić information content (AvgIpc) is 2.65. The third-order valence-electron chi connectivity index (χ3n) is 4.00. The van der Waals surface area contributed by atoms with Crippen LogP contribution in [0.1, 0.15) is 84.5 Å². The first-order valence-corrected chi connectivity index (χ1v) is 11.9. The lowest BCUT2D eigenvalue weighted by atomic mass is 10.1. The van der Waals surface area contributed by atoms with E-state index in [1.165, 1.54) is 51.9 Å². The van der Waals surface area contributed by atoms with Gasteiger partial charge in [-0.1, -0.05) is 62.6 Å². The molecule has 168 valence electrons. The Balaban J connectivity index is 3.29. The van der Waals surface area contributed by atoms with E-state index in [9.17, 15) is 13.2 Å². The lowest BCUT2D eigenvalue weighted by molar-refractivity contribution is -0.217. The average molecular weight is 426 g/mol. The Labute approximate surface area is 170 Å². The minimum absolute atomic E-state index is 0.0208. The fraction of sp³-hybridized carbons (Fsp3) is 0.947. The lowest BCUT2D eigenvalue weighted by Gasteiger charge is -2.07. The van der Waals surface area contributed by atoms with E-state index in [4.69, 9.17) is 4.74 Å². The minimum atomic E-state index is -4.09. The highest BCUT2D eigenvalue weighted by Crippen LogP contribution is 2.10. The summed E-state index contributed by atoms with van der Waals surface area (Å²) in [6.07, 6.45) is 12.4. The summed E-state index contributed by atoms with van der Waals surface area (Å²) < 4.78 is 35.7. The molecule has 0 aliphatic rings. The third-order valence-corrected chi connectivity index (χ3v) is 4.79. The number of hydrogen-bond donors (Lipinski definition) is 1. The van der Waals surface area contributed by atoms with Crippen molar-refractivity contribution in [3.05, 3.63) is 0 Å². The molecular weight excluding hydrogens is 386 g/mol. The van der Waals surface area contributed by atoms with Gasteiger partial charge < -0.3 is 10.1 Å². The van der Waals surface area contributed by atoms with Gasteiger partial charge in [-0.15, -0.1) is 0 Å². The molecule has 0 spiro atoms. The highest BCUT2D eigenvalue weighted by molar-refractivity contribution is 7.81. The van der Waals surface area contributed by atoms with Gasteiger partial charge >= 0.3 is 10.4 Å². The van der Waals surface area contributed by atoms with Crippen LogP contribution in [-0.4, -0.2) is 47.3 Å². The van der Waals surface area contributed by atoms with Gasteiger partial charge in [0.1, 0.15) is 6.61 Å². The maximum atomic E-state index is 11.7. The zero-order valence-electron chi connectivity index (χ0n) is 17.6. The second kappa shape index (κ2) is 19.6. The second-order valence-electron chi connectivity index (χ2n) is 6.60. The molecule has 0 aromatic carbocycles. The van der Waals surface area contributed by atoms with Crippen molar-refractivity contribution in [2.24, 2.45) is 0 Å². The third kappa shape index (κ3) is 20.0. The Morgan fingerprint density at radius 3 is 2.11 bits per heavy atom. The van der Waals surface area contributed by atoms with Crippen molar-refractivity contribution < 1.29 is 31.4 Å². The van der Waals surface area contributed by atoms with Crippen molar-refractivity contribution >= 4 is 16.3 Å². The molecule has 0 rings (SSSR count). The van der Waals surface area contributed by atoms with Crippen LogP contribution in [-0.2, 0) is 33.3 Å². The van der Waals surface area contributed by atoms with Gasteiger partial charge in [0.15, 0.2) is 0 Å². The molecule has 0 aliphatic carbocycles. The smallest absolute Gasteiger partial charge is 0.379 e. The Bertz CT molecular complexity index is 457. The number of unbranched alkanes of at least 4 members (excludes halogenated alkanes) is 8. The Kier molecular flexibility index (Phi) is 19.1. The van der Waals surface area contributed by atoms with E-state index in [1.807, 2.05) is 0 Å². The number of carbonyl (C=O) groups is 1. The van der Waals surface area contributed by atoms with Crippen LogP contribution in [0.25, 0.3) is 0 Å². The monoisotopic (exact) mass is 425 g/mol. The molecule has 0 heterocycles. The van der Waals surface area contributed by atoms with Gasteiger partial charge in [0, 0.05) is 19.6 Å². The fourth-order valence-electron chi connectivity index (χ4n) is 2.54. The maximum Gasteiger partial charge on any atom is 0.426 e. The summed E-state index contributed by atoms with van der Waals surface area (Å²) in [5.74, 6) is 0.0841. The molecule has 0 radical (unpaired) electrons. The van der Waals surface area contributed by atoms with Crippen LogP contribution in [0.2, 0.25) is 0 Å². The molecular formula is C19H39NO7S. The molecule has 0 unspecified atom stereocenters. The standard InChI is InChI=1S/C19H39NO7S/c1-3-5-6-7-8-9-10-11-12-14-19(21)20-15-13-16-24-17-18-25-27-28(22,23)26-4-2/h3-18H2,1-2H3,(H,20,21). The Morgan fingerprint density at radius 1 is 0.821 bits per heavy atom. The maximum absolute atomic E-state index is 11.7. The van der Waals surface area contributed by atoms with E-state index in [-0.39, 0.29) is 25.7 Å². The largest absolute Gasteiger partial charge is 0.426 e. The zero-order chi connectivity index (χ0) is 20.9. The Hall–Kier alpha value is -0.740. The van der Waals surface area contributed by atoms with Crippen molar-refractivity contribution in [1.82, 2.24) is 5.32 Å². The molecule has 0 bridgehead atoms. The van der Waals surface area contributed by atoms with Gasteiger partial charge in [-0.05, 0) is 19.8 Å². The first-order valence-electron chi connectivity index (χ1n) is 10.6. The van der Waals surface area contributed by atoms with E-state index in [1.54, 1.807) is 0 Å². The molecule has 0 aromatic rings. The predicted octanol–water partition coefficient (Wildman–Crippen LogP) is 3.66. The number of amides is 1. The topological polar surface area (TPSA) is 100 Å². The quantitative estimate of drug-likeness (QED) is 0.170. The Morgan fingerprint density at radius 2 is 1.46 bits per heavy atom. The molecule has 28 heavy (non-hydrogen) atoms. The normalized spacial score (nSPS) is 11.6. The molecule has 0 saturated carbocycles. The number of hydrogen-bond acceptors (Lipinski definition) is 7. The number of carbonyl (C=O) groups excluding carboxylic acids is 1. The first kappa shape index (κ1) is 27.3. The summed E-state index contributed by atoms with van der Waals surface area (Å²) in [5.41, 5.74) is 0. The van der Waals surface area contributed by atoms with Crippen molar-refractivity contribution in [2.45, 2.75) is 84.5 Å². The highest BCUT2D eigenvalue weighted by atomic mass is 32.3. The molecule has 1 N–H and O–H groups in total. The van der Waals surface area contributed by atoms with Gasteiger partial charge in [0.25, 0.3) is 0 Å². The summed E-state index contributed by atoms with van der Waals surface area (Å²) in [5, 5.41) is 2.87. The van der Waals surface area contributed by atoms with Gasteiger partial charge in [-0.3, -0.25) is 4.79 Å². The van der Waals surface area contributed by atoms with Crippen LogP contribution in [0.15, 0.2) is 0 Å². The van der Waals surface area contributed by atoms with Crippen LogP contribution >= 0.6 is 0 Å². The zero-order valence-corrected chi connectivity index (χ0v) is 18.4. The highest BCUT2D eigenvalue weighted by Gasteiger charge is 2.11. The number of nitrogens with one attached hydrogen (secondary N) is 1. The van der Waals surface area contributed by atoms with Gasteiger partial charge in [0.2, 0.25) is 5.91 Å². The van der Waals surface area contributed by atoms with Crippen LogP contribution in [0.5, 0.6) is 0 Å². The molecule has 0 atom stereocenters. The van der Waals surface area contributed by atoms with Crippen LogP contribution in [0, 0.1) is 0 Å². The van der Waals surface area contributed by atoms with Gasteiger partial charge in [-0.25, -0.2) is 9.07 Å². The minimum Gasteiger partial charge on any atom is -0.379 e. The molecule has 0 aliphatic heterocycles. The fourth-order valence-corrected chi connectivity index (χ4v) is 3.05. The van der Waals surface area contributed by atoms with E-state index in [2.05, 4.69) is 25.6 Å². The summed E-state index contributed by atoms with van der Waals surface area (Å²) >= 11 is 0. The molecule has 0 fully saturated rings.